The van der Waals surface area contributed by atoms with E-state index >= 15 is 0 Å². The molecule has 1 amide bonds. The highest BCUT2D eigenvalue weighted by molar-refractivity contribution is 6.32. The molecule has 5 heteroatoms. The van der Waals surface area contributed by atoms with Crippen LogP contribution in [0, 0.1) is 11.3 Å². The Balaban J connectivity index is 2.26. The van der Waals surface area contributed by atoms with Crippen molar-refractivity contribution in [3.63, 3.8) is 0 Å². The van der Waals surface area contributed by atoms with Gasteiger partial charge in [0.25, 0.3) is 5.91 Å². The molecule has 2 N–H and O–H groups in total. The largest absolute Gasteiger partial charge is 0.506 e. The van der Waals surface area contributed by atoms with Crippen LogP contribution in [0.3, 0.4) is 0 Å². The Bertz CT molecular complexity index is 677. The molecule has 0 aromatic heterocycles. The summed E-state index contributed by atoms with van der Waals surface area (Å²) in [5, 5.41) is 20.9. The van der Waals surface area contributed by atoms with Gasteiger partial charge < -0.3 is 10.4 Å². The van der Waals surface area contributed by atoms with Gasteiger partial charge in [-0.3, -0.25) is 4.79 Å². The average molecular weight is 273 g/mol. The first-order chi connectivity index (χ1) is 9.11. The molecule has 0 bridgehead atoms. The van der Waals surface area contributed by atoms with Gasteiger partial charge in [-0.05, 0) is 30.3 Å². The fourth-order valence-corrected chi connectivity index (χ4v) is 1.71. The van der Waals surface area contributed by atoms with Crippen LogP contribution in [-0.2, 0) is 0 Å². The number of hydrogen-bond donors (Lipinski definition) is 2. The van der Waals surface area contributed by atoms with Crippen LogP contribution in [0.15, 0.2) is 42.5 Å². The minimum atomic E-state index is -0.399. The highest BCUT2D eigenvalue weighted by atomic mass is 35.5. The fraction of sp³-hybridized carbons (Fsp3) is 0. The summed E-state index contributed by atoms with van der Waals surface area (Å²) in [7, 11) is 0. The number of nitriles is 1. The second-order valence-electron chi connectivity index (χ2n) is 3.78. The molecule has 0 saturated heterocycles. The summed E-state index contributed by atoms with van der Waals surface area (Å²) >= 11 is 5.74. The van der Waals surface area contributed by atoms with Crippen molar-refractivity contribution in [2.75, 3.05) is 5.32 Å². The lowest BCUT2D eigenvalue weighted by molar-refractivity contribution is 0.102. The highest BCUT2D eigenvalue weighted by Gasteiger charge is 2.10. The molecule has 0 unspecified atom stereocenters. The number of para-hydroxylation sites is 1. The normalized spacial score (nSPS) is 9.68. The summed E-state index contributed by atoms with van der Waals surface area (Å²) in [6.45, 7) is 0. The summed E-state index contributed by atoms with van der Waals surface area (Å²) in [5.41, 5.74) is 1.11. The first-order valence-corrected chi connectivity index (χ1v) is 5.78. The van der Waals surface area contributed by atoms with Crippen molar-refractivity contribution < 1.29 is 9.90 Å². The number of anilines is 1. The van der Waals surface area contributed by atoms with Crippen LogP contribution in [-0.4, -0.2) is 11.0 Å². The minimum Gasteiger partial charge on any atom is -0.506 e. The Hall–Kier alpha value is -2.51. The van der Waals surface area contributed by atoms with E-state index in [1.165, 1.54) is 18.2 Å². The second kappa shape index (κ2) is 5.42. The van der Waals surface area contributed by atoms with Crippen molar-refractivity contribution in [3.05, 3.63) is 58.6 Å². The van der Waals surface area contributed by atoms with Gasteiger partial charge >= 0.3 is 0 Å². The molecular weight excluding hydrogens is 264 g/mol. The summed E-state index contributed by atoms with van der Waals surface area (Å²) in [5.74, 6) is -0.486. The molecule has 0 atom stereocenters. The molecule has 0 saturated carbocycles. The van der Waals surface area contributed by atoms with E-state index in [0.717, 1.165) is 0 Å². The van der Waals surface area contributed by atoms with E-state index in [2.05, 4.69) is 5.32 Å². The molecule has 94 valence electrons. The maximum Gasteiger partial charge on any atom is 0.255 e. The first kappa shape index (κ1) is 12.9. The van der Waals surface area contributed by atoms with Crippen molar-refractivity contribution in [1.82, 2.24) is 0 Å². The number of halogens is 1. The highest BCUT2D eigenvalue weighted by Crippen LogP contribution is 2.24. The third-order valence-corrected chi connectivity index (χ3v) is 2.81. The van der Waals surface area contributed by atoms with Crippen LogP contribution in [0.1, 0.15) is 15.9 Å². The van der Waals surface area contributed by atoms with E-state index in [1.807, 2.05) is 6.07 Å². The molecule has 2 aromatic carbocycles. The van der Waals surface area contributed by atoms with Crippen molar-refractivity contribution >= 4 is 23.2 Å². The standard InChI is InChI=1S/C14H9ClN2O2/c15-11-7-9(5-6-13(11)18)14(19)17-12-4-2-1-3-10(12)8-16/h1-7,18H,(H,17,19). The smallest absolute Gasteiger partial charge is 0.255 e. The van der Waals surface area contributed by atoms with Gasteiger partial charge in [0.05, 0.1) is 16.3 Å². The summed E-state index contributed by atoms with van der Waals surface area (Å²) in [6, 6.07) is 12.8. The minimum absolute atomic E-state index is 0.0874. The Morgan fingerprint density at radius 1 is 1.26 bits per heavy atom. The van der Waals surface area contributed by atoms with E-state index in [0.29, 0.717) is 16.8 Å². The number of amides is 1. The van der Waals surface area contributed by atoms with E-state index in [9.17, 15) is 9.90 Å². The van der Waals surface area contributed by atoms with Gasteiger partial charge in [-0.25, -0.2) is 0 Å². The van der Waals surface area contributed by atoms with Gasteiger partial charge in [0.15, 0.2) is 0 Å². The van der Waals surface area contributed by atoms with Crippen LogP contribution in [0.5, 0.6) is 5.75 Å². The number of hydrogen-bond acceptors (Lipinski definition) is 3. The number of phenols is 1. The maximum atomic E-state index is 12.0. The fourth-order valence-electron chi connectivity index (χ4n) is 1.53. The van der Waals surface area contributed by atoms with Gasteiger partial charge in [0, 0.05) is 5.56 Å². The SMILES string of the molecule is N#Cc1ccccc1NC(=O)c1ccc(O)c(Cl)c1. The van der Waals surface area contributed by atoms with Crippen LogP contribution < -0.4 is 5.32 Å². The van der Waals surface area contributed by atoms with Crippen LogP contribution in [0.25, 0.3) is 0 Å². The van der Waals surface area contributed by atoms with Gasteiger partial charge in [0.2, 0.25) is 0 Å². The maximum absolute atomic E-state index is 12.0. The molecule has 4 nitrogen and oxygen atoms in total. The van der Waals surface area contributed by atoms with Gasteiger partial charge in [-0.15, -0.1) is 0 Å². The third kappa shape index (κ3) is 2.84. The predicted molar refractivity (Wildman–Crippen MR) is 72.2 cm³/mol. The number of phenolic OH excluding ortho intramolecular Hbond substituents is 1. The van der Waals surface area contributed by atoms with Crippen molar-refractivity contribution in [1.29, 1.82) is 5.26 Å². The monoisotopic (exact) mass is 272 g/mol. The molecular formula is C14H9ClN2O2. The molecule has 0 aliphatic heterocycles. The number of aromatic hydroxyl groups is 1. The lowest BCUT2D eigenvalue weighted by Gasteiger charge is -2.07. The van der Waals surface area contributed by atoms with Crippen molar-refractivity contribution in [3.8, 4) is 11.8 Å². The molecule has 0 fully saturated rings. The molecule has 0 heterocycles. The molecule has 0 spiro atoms. The Kier molecular flexibility index (Phi) is 3.69. The molecule has 0 radical (unpaired) electrons. The van der Waals surface area contributed by atoms with E-state index < -0.39 is 5.91 Å². The molecule has 0 aliphatic rings. The quantitative estimate of drug-likeness (QED) is 0.882. The summed E-state index contributed by atoms with van der Waals surface area (Å²) in [4.78, 5) is 12.0. The van der Waals surface area contributed by atoms with Gasteiger partial charge in [-0.2, -0.15) is 5.26 Å². The van der Waals surface area contributed by atoms with Crippen LogP contribution in [0.4, 0.5) is 5.69 Å². The van der Waals surface area contributed by atoms with Crippen molar-refractivity contribution in [2.45, 2.75) is 0 Å². The lowest BCUT2D eigenvalue weighted by Crippen LogP contribution is -2.12. The number of nitrogens with one attached hydrogen (secondary N) is 1. The number of rotatable bonds is 2. The van der Waals surface area contributed by atoms with E-state index in [1.54, 1.807) is 24.3 Å². The summed E-state index contributed by atoms with van der Waals surface area (Å²) in [6.07, 6.45) is 0. The van der Waals surface area contributed by atoms with Crippen molar-refractivity contribution in [2.24, 2.45) is 0 Å². The van der Waals surface area contributed by atoms with Gasteiger partial charge in [0.1, 0.15) is 11.8 Å². The van der Waals surface area contributed by atoms with E-state index in [-0.39, 0.29) is 10.8 Å². The molecule has 0 aliphatic carbocycles. The molecule has 2 aromatic rings. The number of carbonyl (C=O) groups excluding carboxylic acids is 1. The number of nitrogens with zero attached hydrogens (tertiary/aromatic N) is 1. The molecule has 19 heavy (non-hydrogen) atoms. The Labute approximate surface area is 114 Å². The average Bonchev–Trinajstić information content (AvgIpc) is 2.42. The van der Waals surface area contributed by atoms with Crippen LogP contribution >= 0.6 is 11.6 Å². The second-order valence-corrected chi connectivity index (χ2v) is 4.18. The van der Waals surface area contributed by atoms with Gasteiger partial charge in [-0.1, -0.05) is 23.7 Å². The Morgan fingerprint density at radius 2 is 2.00 bits per heavy atom. The zero-order chi connectivity index (χ0) is 13.8. The topological polar surface area (TPSA) is 73.1 Å². The predicted octanol–water partition coefficient (Wildman–Crippen LogP) is 3.17. The zero-order valence-electron chi connectivity index (χ0n) is 9.72. The number of carbonyl (C=O) groups is 1. The zero-order valence-corrected chi connectivity index (χ0v) is 10.5. The van der Waals surface area contributed by atoms with E-state index in [4.69, 9.17) is 16.9 Å². The summed E-state index contributed by atoms with van der Waals surface area (Å²) < 4.78 is 0. The first-order valence-electron chi connectivity index (χ1n) is 5.41. The lowest BCUT2D eigenvalue weighted by atomic mass is 10.1. The van der Waals surface area contributed by atoms with Crippen LogP contribution in [0.2, 0.25) is 5.02 Å². The molecule has 2 rings (SSSR count). The number of benzene rings is 2. The third-order valence-electron chi connectivity index (χ3n) is 2.51. The Morgan fingerprint density at radius 3 is 2.68 bits per heavy atom.